The molecule has 1 aromatic carbocycles. The lowest BCUT2D eigenvalue weighted by atomic mass is 9.94. The summed E-state index contributed by atoms with van der Waals surface area (Å²) in [4.78, 5) is 2.44. The predicted molar refractivity (Wildman–Crippen MR) is 91.5 cm³/mol. The Kier molecular flexibility index (Phi) is 7.27. The first-order valence-corrected chi connectivity index (χ1v) is 7.72. The molecule has 6 heteroatoms. The Morgan fingerprint density at radius 2 is 1.90 bits per heavy atom. The fourth-order valence-corrected chi connectivity index (χ4v) is 3.10. The van der Waals surface area contributed by atoms with E-state index < -0.39 is 0 Å². The van der Waals surface area contributed by atoms with Crippen LogP contribution in [0.2, 0.25) is 0 Å². The third-order valence-electron chi connectivity index (χ3n) is 4.00. The molecule has 21 heavy (non-hydrogen) atoms. The lowest BCUT2D eigenvalue weighted by Gasteiger charge is -2.35. The van der Waals surface area contributed by atoms with Crippen LogP contribution in [0, 0.1) is 5.92 Å². The van der Waals surface area contributed by atoms with Gasteiger partial charge in [0.15, 0.2) is 11.5 Å². The molecule has 1 aromatic rings. The Bertz CT molecular complexity index is 473. The van der Waals surface area contributed by atoms with Crippen LogP contribution in [-0.2, 0) is 6.54 Å². The van der Waals surface area contributed by atoms with Crippen molar-refractivity contribution in [2.24, 2.45) is 11.7 Å². The fraction of sp³-hybridized carbons (Fsp3) is 0.600. The Morgan fingerprint density at radius 3 is 2.48 bits per heavy atom. The van der Waals surface area contributed by atoms with Gasteiger partial charge in [-0.05, 0) is 36.6 Å². The molecule has 0 aliphatic carbocycles. The monoisotopic (exact) mass is 378 g/mol. The minimum atomic E-state index is 0. The summed E-state index contributed by atoms with van der Waals surface area (Å²) < 4.78 is 11.7. The topological polar surface area (TPSA) is 47.7 Å². The molecule has 4 nitrogen and oxygen atoms in total. The van der Waals surface area contributed by atoms with Gasteiger partial charge in [-0.2, -0.15) is 0 Å². The summed E-state index contributed by atoms with van der Waals surface area (Å²) in [5, 5.41) is 0. The maximum Gasteiger partial charge on any atom is 0.161 e. The van der Waals surface area contributed by atoms with Gasteiger partial charge in [-0.1, -0.05) is 22.9 Å². The lowest BCUT2D eigenvalue weighted by molar-refractivity contribution is 0.157. The van der Waals surface area contributed by atoms with E-state index in [9.17, 15) is 0 Å². The van der Waals surface area contributed by atoms with Gasteiger partial charge in [-0.15, -0.1) is 12.4 Å². The third kappa shape index (κ3) is 4.49. The van der Waals surface area contributed by atoms with Gasteiger partial charge in [0.25, 0.3) is 0 Å². The molecule has 2 atom stereocenters. The minimum absolute atomic E-state index is 0. The third-order valence-corrected chi connectivity index (χ3v) is 4.74. The van der Waals surface area contributed by atoms with Crippen LogP contribution in [0.3, 0.4) is 0 Å². The summed E-state index contributed by atoms with van der Waals surface area (Å²) in [6.07, 6.45) is 1.06. The molecule has 2 rings (SSSR count). The van der Waals surface area contributed by atoms with Gasteiger partial charge in [0.1, 0.15) is 0 Å². The minimum Gasteiger partial charge on any atom is -0.493 e. The SMILES string of the molecule is COc1cc(Br)c(CN2CCC(N)C(C)C2)cc1OC.Cl. The predicted octanol–water partition coefficient (Wildman–Crippen LogP) is 3.06. The molecular formula is C15H24BrClN2O2. The molecule has 2 unspecified atom stereocenters. The van der Waals surface area contributed by atoms with Gasteiger partial charge in [0.05, 0.1) is 14.2 Å². The molecule has 1 aliphatic heterocycles. The summed E-state index contributed by atoms with van der Waals surface area (Å²) in [6.45, 7) is 5.21. The maximum atomic E-state index is 6.07. The molecule has 120 valence electrons. The molecular weight excluding hydrogens is 356 g/mol. The highest BCUT2D eigenvalue weighted by Crippen LogP contribution is 2.34. The number of methoxy groups -OCH3 is 2. The number of likely N-dealkylation sites (tertiary alicyclic amines) is 1. The Balaban J connectivity index is 0.00000220. The second-order valence-electron chi connectivity index (χ2n) is 5.46. The van der Waals surface area contributed by atoms with Crippen molar-refractivity contribution in [2.45, 2.75) is 25.9 Å². The summed E-state index contributed by atoms with van der Waals surface area (Å²) in [5.41, 5.74) is 7.29. The van der Waals surface area contributed by atoms with Gasteiger partial charge >= 0.3 is 0 Å². The Morgan fingerprint density at radius 1 is 1.29 bits per heavy atom. The second kappa shape index (κ2) is 8.22. The van der Waals surface area contributed by atoms with E-state index in [1.54, 1.807) is 14.2 Å². The van der Waals surface area contributed by atoms with Crippen LogP contribution < -0.4 is 15.2 Å². The van der Waals surface area contributed by atoms with Crippen molar-refractivity contribution in [3.63, 3.8) is 0 Å². The van der Waals surface area contributed by atoms with Crippen LogP contribution >= 0.6 is 28.3 Å². The normalized spacial score (nSPS) is 22.5. The van der Waals surface area contributed by atoms with Crippen LogP contribution in [0.1, 0.15) is 18.9 Å². The fourth-order valence-electron chi connectivity index (χ4n) is 2.65. The van der Waals surface area contributed by atoms with Crippen molar-refractivity contribution in [2.75, 3.05) is 27.3 Å². The highest BCUT2D eigenvalue weighted by Gasteiger charge is 2.23. The van der Waals surface area contributed by atoms with E-state index in [0.29, 0.717) is 12.0 Å². The van der Waals surface area contributed by atoms with Gasteiger partial charge in [0, 0.05) is 23.6 Å². The van der Waals surface area contributed by atoms with Crippen LogP contribution in [0.5, 0.6) is 11.5 Å². The van der Waals surface area contributed by atoms with Gasteiger partial charge in [-0.3, -0.25) is 4.90 Å². The first kappa shape index (κ1) is 18.6. The Hall–Kier alpha value is -0.490. The number of nitrogens with two attached hydrogens (primary N) is 1. The zero-order valence-corrected chi connectivity index (χ0v) is 15.2. The molecule has 0 saturated carbocycles. The van der Waals surface area contributed by atoms with Crippen molar-refractivity contribution in [1.29, 1.82) is 0 Å². The largest absolute Gasteiger partial charge is 0.493 e. The number of hydrogen-bond donors (Lipinski definition) is 1. The number of nitrogens with zero attached hydrogens (tertiary/aromatic N) is 1. The van der Waals surface area contributed by atoms with Crippen LogP contribution in [0.15, 0.2) is 16.6 Å². The van der Waals surface area contributed by atoms with Crippen molar-refractivity contribution < 1.29 is 9.47 Å². The molecule has 1 fully saturated rings. The molecule has 1 saturated heterocycles. The van der Waals surface area contributed by atoms with Crippen LogP contribution in [0.25, 0.3) is 0 Å². The van der Waals surface area contributed by atoms with Crippen molar-refractivity contribution in [1.82, 2.24) is 4.90 Å². The standard InChI is InChI=1S/C15H23BrN2O2.ClH/c1-10-8-18(5-4-13(10)17)9-11-6-14(19-2)15(20-3)7-12(11)16;/h6-7,10,13H,4-5,8-9,17H2,1-3H3;1H. The van der Waals surface area contributed by atoms with E-state index in [2.05, 4.69) is 27.8 Å². The van der Waals surface area contributed by atoms with Crippen molar-refractivity contribution >= 4 is 28.3 Å². The number of benzene rings is 1. The highest BCUT2D eigenvalue weighted by atomic mass is 79.9. The van der Waals surface area contributed by atoms with E-state index in [0.717, 1.165) is 42.0 Å². The van der Waals surface area contributed by atoms with E-state index in [-0.39, 0.29) is 12.4 Å². The van der Waals surface area contributed by atoms with E-state index >= 15 is 0 Å². The summed E-state index contributed by atoms with van der Waals surface area (Å²) in [7, 11) is 3.31. The quantitative estimate of drug-likeness (QED) is 0.873. The van der Waals surface area contributed by atoms with Gasteiger partial charge < -0.3 is 15.2 Å². The summed E-state index contributed by atoms with van der Waals surface area (Å²) >= 11 is 3.62. The molecule has 0 spiro atoms. The Labute approximate surface area is 141 Å². The molecule has 1 aliphatic rings. The van der Waals surface area contributed by atoms with Crippen molar-refractivity contribution in [3.05, 3.63) is 22.2 Å². The van der Waals surface area contributed by atoms with Crippen LogP contribution in [0.4, 0.5) is 0 Å². The summed E-state index contributed by atoms with van der Waals surface area (Å²) in [5.74, 6) is 2.06. The number of halogens is 2. The van der Waals surface area contributed by atoms with Gasteiger partial charge in [0.2, 0.25) is 0 Å². The molecule has 0 aromatic heterocycles. The first-order valence-electron chi connectivity index (χ1n) is 6.93. The second-order valence-corrected chi connectivity index (χ2v) is 6.32. The lowest BCUT2D eigenvalue weighted by Crippen LogP contribution is -2.45. The van der Waals surface area contributed by atoms with Gasteiger partial charge in [-0.25, -0.2) is 0 Å². The number of hydrogen-bond acceptors (Lipinski definition) is 4. The van der Waals surface area contributed by atoms with E-state index in [1.807, 2.05) is 12.1 Å². The molecule has 0 bridgehead atoms. The molecule has 0 amide bonds. The molecule has 0 radical (unpaired) electrons. The van der Waals surface area contributed by atoms with E-state index in [4.69, 9.17) is 15.2 Å². The van der Waals surface area contributed by atoms with Crippen LogP contribution in [-0.4, -0.2) is 38.3 Å². The smallest absolute Gasteiger partial charge is 0.161 e. The maximum absolute atomic E-state index is 6.07. The highest BCUT2D eigenvalue weighted by molar-refractivity contribution is 9.10. The first-order chi connectivity index (χ1) is 9.55. The molecule has 1 heterocycles. The average Bonchev–Trinajstić information content (AvgIpc) is 2.44. The van der Waals surface area contributed by atoms with Crippen molar-refractivity contribution in [3.8, 4) is 11.5 Å². The molecule has 2 N–H and O–H groups in total. The zero-order valence-electron chi connectivity index (χ0n) is 12.8. The number of ether oxygens (including phenoxy) is 2. The number of rotatable bonds is 4. The zero-order chi connectivity index (χ0) is 14.7. The number of piperidine rings is 1. The summed E-state index contributed by atoms with van der Waals surface area (Å²) in [6, 6.07) is 4.34. The average molecular weight is 380 g/mol. The van der Waals surface area contributed by atoms with E-state index in [1.165, 1.54) is 5.56 Å².